The summed E-state index contributed by atoms with van der Waals surface area (Å²) in [5, 5.41) is 14.1. The van der Waals surface area contributed by atoms with E-state index in [1.807, 2.05) is 25.5 Å². The van der Waals surface area contributed by atoms with Gasteiger partial charge in [-0.1, -0.05) is 6.92 Å². The summed E-state index contributed by atoms with van der Waals surface area (Å²) in [5.74, 6) is 0.876. The number of aliphatic hydroxyl groups excluding tert-OH is 1. The van der Waals surface area contributed by atoms with Crippen molar-refractivity contribution in [3.63, 3.8) is 0 Å². The van der Waals surface area contributed by atoms with Crippen molar-refractivity contribution >= 4 is 27.7 Å². The summed E-state index contributed by atoms with van der Waals surface area (Å²) in [4.78, 5) is 0. The minimum absolute atomic E-state index is 0.243. The molecule has 0 radical (unpaired) electrons. The van der Waals surface area contributed by atoms with Crippen LogP contribution in [0.2, 0.25) is 0 Å². The van der Waals surface area contributed by atoms with Crippen LogP contribution in [0, 0.1) is 6.92 Å². The molecular formula is C11H19BrN2OS. The Morgan fingerprint density at radius 1 is 1.50 bits per heavy atom. The van der Waals surface area contributed by atoms with Gasteiger partial charge in [-0.05, 0) is 36.7 Å². The maximum Gasteiger partial charge on any atom is 0.0739 e. The number of hydrogen-bond donors (Lipinski definition) is 1. The van der Waals surface area contributed by atoms with Crippen molar-refractivity contribution in [1.29, 1.82) is 0 Å². The Bertz CT molecular complexity index is 352. The van der Waals surface area contributed by atoms with Crippen molar-refractivity contribution in [2.45, 2.75) is 51.3 Å². The van der Waals surface area contributed by atoms with Crippen molar-refractivity contribution < 1.29 is 5.11 Å². The highest BCUT2D eigenvalue weighted by Crippen LogP contribution is 2.27. The molecule has 0 amide bonds. The van der Waals surface area contributed by atoms with Crippen molar-refractivity contribution in [3.05, 3.63) is 15.9 Å². The van der Waals surface area contributed by atoms with Crippen LogP contribution in [-0.2, 0) is 12.3 Å². The Morgan fingerprint density at radius 3 is 2.62 bits per heavy atom. The standard InChI is InChI=1S/C11H19BrN2OS/c1-5-14-10(11(12)7(2)13-14)6-16-9(4)8(3)15/h8-9,15H,5-6H2,1-4H3. The monoisotopic (exact) mass is 306 g/mol. The first-order chi connectivity index (χ1) is 7.47. The fraction of sp³-hybridized carbons (Fsp3) is 0.727. The SMILES string of the molecule is CCn1nc(C)c(Br)c1CSC(C)C(C)O. The molecule has 1 aromatic rings. The van der Waals surface area contributed by atoms with Crippen molar-refractivity contribution in [2.24, 2.45) is 0 Å². The number of thioether (sulfide) groups is 1. The van der Waals surface area contributed by atoms with Crippen LogP contribution < -0.4 is 0 Å². The quantitative estimate of drug-likeness (QED) is 0.909. The molecule has 0 aliphatic heterocycles. The zero-order valence-electron chi connectivity index (χ0n) is 10.2. The number of hydrogen-bond acceptors (Lipinski definition) is 3. The van der Waals surface area contributed by atoms with E-state index in [4.69, 9.17) is 0 Å². The highest BCUT2D eigenvalue weighted by Gasteiger charge is 2.15. The van der Waals surface area contributed by atoms with Gasteiger partial charge >= 0.3 is 0 Å². The van der Waals surface area contributed by atoms with Gasteiger partial charge in [-0.2, -0.15) is 5.10 Å². The number of halogens is 1. The molecule has 2 atom stereocenters. The van der Waals surface area contributed by atoms with E-state index in [9.17, 15) is 5.11 Å². The lowest BCUT2D eigenvalue weighted by molar-refractivity contribution is 0.196. The first-order valence-corrected chi connectivity index (χ1v) is 7.33. The average molecular weight is 307 g/mol. The second-order valence-electron chi connectivity index (χ2n) is 3.92. The molecular weight excluding hydrogens is 288 g/mol. The van der Waals surface area contributed by atoms with Gasteiger partial charge in [0.15, 0.2) is 0 Å². The van der Waals surface area contributed by atoms with Gasteiger partial charge in [-0.15, -0.1) is 11.8 Å². The van der Waals surface area contributed by atoms with Crippen LogP contribution in [0.1, 0.15) is 32.2 Å². The Morgan fingerprint density at radius 2 is 2.12 bits per heavy atom. The number of aliphatic hydroxyl groups is 1. The Balaban J connectivity index is 2.73. The van der Waals surface area contributed by atoms with Crippen molar-refractivity contribution in [3.8, 4) is 0 Å². The normalized spacial score (nSPS) is 15.1. The molecule has 1 aromatic heterocycles. The second kappa shape index (κ2) is 6.07. The molecule has 16 heavy (non-hydrogen) atoms. The topological polar surface area (TPSA) is 38.0 Å². The molecule has 0 aliphatic rings. The fourth-order valence-electron chi connectivity index (χ4n) is 1.36. The van der Waals surface area contributed by atoms with E-state index in [2.05, 4.69) is 28.0 Å². The van der Waals surface area contributed by atoms with E-state index in [0.29, 0.717) is 0 Å². The lowest BCUT2D eigenvalue weighted by Crippen LogP contribution is -2.15. The van der Waals surface area contributed by atoms with Crippen LogP contribution >= 0.6 is 27.7 Å². The summed E-state index contributed by atoms with van der Waals surface area (Å²) in [7, 11) is 0. The molecule has 2 unspecified atom stereocenters. The maximum atomic E-state index is 9.44. The number of aromatic nitrogens is 2. The Kier molecular flexibility index (Phi) is 5.34. The van der Waals surface area contributed by atoms with Gasteiger partial charge in [0.2, 0.25) is 0 Å². The molecule has 5 heteroatoms. The number of aryl methyl sites for hydroxylation is 2. The van der Waals surface area contributed by atoms with Gasteiger partial charge in [0.25, 0.3) is 0 Å². The Hall–Kier alpha value is -0.0000000000000000763. The van der Waals surface area contributed by atoms with Gasteiger partial charge < -0.3 is 5.11 Å². The second-order valence-corrected chi connectivity index (χ2v) is 6.08. The number of rotatable bonds is 5. The summed E-state index contributed by atoms with van der Waals surface area (Å²) in [6.45, 7) is 8.84. The van der Waals surface area contributed by atoms with Crippen LogP contribution in [-0.4, -0.2) is 26.2 Å². The third-order valence-corrected chi connectivity index (χ3v) is 5.01. The summed E-state index contributed by atoms with van der Waals surface area (Å²) < 4.78 is 3.11. The zero-order valence-corrected chi connectivity index (χ0v) is 12.6. The first-order valence-electron chi connectivity index (χ1n) is 5.48. The highest BCUT2D eigenvalue weighted by atomic mass is 79.9. The van der Waals surface area contributed by atoms with Gasteiger partial charge in [-0.25, -0.2) is 0 Å². The predicted molar refractivity (Wildman–Crippen MR) is 72.8 cm³/mol. The lowest BCUT2D eigenvalue weighted by atomic mass is 10.3. The molecule has 0 saturated carbocycles. The number of nitrogens with zero attached hydrogens (tertiary/aromatic N) is 2. The molecule has 0 bridgehead atoms. The predicted octanol–water partition coefficient (Wildman–Crippen LogP) is 2.98. The molecule has 1 heterocycles. The van der Waals surface area contributed by atoms with E-state index < -0.39 is 0 Å². The summed E-state index contributed by atoms with van der Waals surface area (Å²) in [5.41, 5.74) is 2.24. The smallest absolute Gasteiger partial charge is 0.0739 e. The van der Waals surface area contributed by atoms with E-state index in [-0.39, 0.29) is 11.4 Å². The average Bonchev–Trinajstić information content (AvgIpc) is 2.51. The van der Waals surface area contributed by atoms with Crippen LogP contribution in [0.4, 0.5) is 0 Å². The summed E-state index contributed by atoms with van der Waals surface area (Å²) in [6, 6.07) is 0. The van der Waals surface area contributed by atoms with Gasteiger partial charge in [0.1, 0.15) is 0 Å². The van der Waals surface area contributed by atoms with Gasteiger partial charge in [-0.3, -0.25) is 4.68 Å². The van der Waals surface area contributed by atoms with E-state index in [1.165, 1.54) is 5.69 Å². The first kappa shape index (κ1) is 14.1. The van der Waals surface area contributed by atoms with Gasteiger partial charge in [0, 0.05) is 17.5 Å². The third kappa shape index (κ3) is 3.25. The third-order valence-electron chi connectivity index (χ3n) is 2.62. The van der Waals surface area contributed by atoms with E-state index in [0.717, 1.165) is 22.5 Å². The zero-order chi connectivity index (χ0) is 12.3. The molecule has 0 saturated heterocycles. The largest absolute Gasteiger partial charge is 0.392 e. The lowest BCUT2D eigenvalue weighted by Gasteiger charge is -2.14. The minimum Gasteiger partial charge on any atom is -0.392 e. The van der Waals surface area contributed by atoms with Crippen molar-refractivity contribution in [2.75, 3.05) is 0 Å². The van der Waals surface area contributed by atoms with Gasteiger partial charge in [0.05, 0.1) is 22.0 Å². The highest BCUT2D eigenvalue weighted by molar-refractivity contribution is 9.10. The molecule has 0 spiro atoms. The van der Waals surface area contributed by atoms with Crippen LogP contribution in [0.15, 0.2) is 4.47 Å². The maximum absolute atomic E-state index is 9.44. The van der Waals surface area contributed by atoms with Crippen LogP contribution in [0.25, 0.3) is 0 Å². The fourth-order valence-corrected chi connectivity index (χ4v) is 2.96. The minimum atomic E-state index is -0.275. The molecule has 92 valence electrons. The van der Waals surface area contributed by atoms with Crippen LogP contribution in [0.5, 0.6) is 0 Å². The molecule has 0 aromatic carbocycles. The molecule has 0 aliphatic carbocycles. The molecule has 1 rings (SSSR count). The van der Waals surface area contributed by atoms with Crippen LogP contribution in [0.3, 0.4) is 0 Å². The molecule has 0 fully saturated rings. The molecule has 3 nitrogen and oxygen atoms in total. The Labute approximate surface area is 110 Å². The van der Waals surface area contributed by atoms with E-state index >= 15 is 0 Å². The summed E-state index contributed by atoms with van der Waals surface area (Å²) in [6.07, 6.45) is -0.275. The summed E-state index contributed by atoms with van der Waals surface area (Å²) >= 11 is 5.32. The molecule has 1 N–H and O–H groups in total. The van der Waals surface area contributed by atoms with Crippen molar-refractivity contribution in [1.82, 2.24) is 9.78 Å². The van der Waals surface area contributed by atoms with E-state index in [1.54, 1.807) is 11.8 Å².